The Labute approximate surface area is 113 Å². The molecule has 9 nitrogen and oxygen atoms in total. The Balaban J connectivity index is 2.42. The quantitative estimate of drug-likeness (QED) is 0.610. The Morgan fingerprint density at radius 1 is 1.45 bits per heavy atom. The molecule has 0 unspecified atom stereocenters. The van der Waals surface area contributed by atoms with Crippen molar-refractivity contribution in [1.82, 2.24) is 9.88 Å². The molecule has 0 spiro atoms. The molecule has 1 aliphatic rings. The second kappa shape index (κ2) is 5.11. The van der Waals surface area contributed by atoms with E-state index in [4.69, 9.17) is 5.11 Å². The van der Waals surface area contributed by atoms with Crippen molar-refractivity contribution in [3.8, 4) is 0 Å². The number of piperazine rings is 1. The number of carbonyl (C=O) groups excluding carboxylic acids is 1. The molecule has 0 atom stereocenters. The SMILES string of the molecule is CN1CCN(c2nc(C(=O)O)ccc2[N+](=O)[O-])CC1=O. The van der Waals surface area contributed by atoms with Gasteiger partial charge < -0.3 is 14.9 Å². The van der Waals surface area contributed by atoms with Crippen LogP contribution in [0.5, 0.6) is 0 Å². The molecular formula is C11H12N4O5. The van der Waals surface area contributed by atoms with E-state index < -0.39 is 10.9 Å². The molecular weight excluding hydrogens is 268 g/mol. The second-order valence-electron chi connectivity index (χ2n) is 4.34. The topological polar surface area (TPSA) is 117 Å². The number of rotatable bonds is 3. The lowest BCUT2D eigenvalue weighted by atomic mass is 10.2. The third-order valence-corrected chi connectivity index (χ3v) is 3.03. The van der Waals surface area contributed by atoms with Gasteiger partial charge in [0.1, 0.15) is 0 Å². The van der Waals surface area contributed by atoms with E-state index in [1.165, 1.54) is 9.80 Å². The molecule has 1 fully saturated rings. The summed E-state index contributed by atoms with van der Waals surface area (Å²) in [5.41, 5.74) is -0.607. The molecule has 1 N–H and O–H groups in total. The minimum atomic E-state index is -1.28. The zero-order valence-electron chi connectivity index (χ0n) is 10.6. The summed E-state index contributed by atoms with van der Waals surface area (Å²) in [5, 5.41) is 19.9. The van der Waals surface area contributed by atoms with Gasteiger partial charge in [0, 0.05) is 26.2 Å². The van der Waals surface area contributed by atoms with Gasteiger partial charge >= 0.3 is 11.7 Å². The number of nitrogens with zero attached hydrogens (tertiary/aromatic N) is 4. The van der Waals surface area contributed by atoms with Crippen LogP contribution in [0.3, 0.4) is 0 Å². The molecule has 9 heteroatoms. The first kappa shape index (κ1) is 13.7. The summed E-state index contributed by atoms with van der Waals surface area (Å²) >= 11 is 0. The van der Waals surface area contributed by atoms with E-state index >= 15 is 0 Å². The monoisotopic (exact) mass is 280 g/mol. The minimum Gasteiger partial charge on any atom is -0.477 e. The lowest BCUT2D eigenvalue weighted by molar-refractivity contribution is -0.384. The summed E-state index contributed by atoms with van der Waals surface area (Å²) < 4.78 is 0. The Bertz CT molecular complexity index is 588. The number of hydrogen-bond acceptors (Lipinski definition) is 6. The van der Waals surface area contributed by atoms with Gasteiger partial charge in [-0.3, -0.25) is 14.9 Å². The predicted octanol–water partition coefficient (Wildman–Crippen LogP) is -0.0336. The fourth-order valence-electron chi connectivity index (χ4n) is 1.87. The van der Waals surface area contributed by atoms with Crippen molar-refractivity contribution in [2.24, 2.45) is 0 Å². The van der Waals surface area contributed by atoms with Crippen LogP contribution in [0, 0.1) is 10.1 Å². The van der Waals surface area contributed by atoms with Crippen molar-refractivity contribution in [3.05, 3.63) is 27.9 Å². The van der Waals surface area contributed by atoms with Gasteiger partial charge in [0.05, 0.1) is 11.5 Å². The number of anilines is 1. The number of amides is 1. The molecule has 2 heterocycles. The van der Waals surface area contributed by atoms with E-state index in [2.05, 4.69) is 4.98 Å². The molecule has 1 saturated heterocycles. The van der Waals surface area contributed by atoms with Gasteiger partial charge in [0.2, 0.25) is 11.7 Å². The van der Waals surface area contributed by atoms with Crippen LogP contribution in [0.1, 0.15) is 10.5 Å². The summed E-state index contributed by atoms with van der Waals surface area (Å²) in [6, 6.07) is 2.16. The summed E-state index contributed by atoms with van der Waals surface area (Å²) in [4.78, 5) is 39.6. The van der Waals surface area contributed by atoms with E-state index in [9.17, 15) is 19.7 Å². The van der Waals surface area contributed by atoms with Gasteiger partial charge in [-0.05, 0) is 6.07 Å². The highest BCUT2D eigenvalue weighted by molar-refractivity contribution is 5.87. The van der Waals surface area contributed by atoms with E-state index in [1.807, 2.05) is 0 Å². The smallest absolute Gasteiger partial charge is 0.354 e. The average molecular weight is 280 g/mol. The molecule has 0 bridgehead atoms. The number of nitro groups is 1. The molecule has 20 heavy (non-hydrogen) atoms. The number of hydrogen-bond donors (Lipinski definition) is 1. The van der Waals surface area contributed by atoms with E-state index in [1.54, 1.807) is 7.05 Å². The fraction of sp³-hybridized carbons (Fsp3) is 0.364. The zero-order chi connectivity index (χ0) is 14.9. The molecule has 0 radical (unpaired) electrons. The van der Waals surface area contributed by atoms with Crippen LogP contribution in [0.15, 0.2) is 12.1 Å². The van der Waals surface area contributed by atoms with Gasteiger partial charge in [0.25, 0.3) is 0 Å². The molecule has 2 rings (SSSR count). The average Bonchev–Trinajstić information content (AvgIpc) is 2.41. The van der Waals surface area contributed by atoms with Crippen LogP contribution < -0.4 is 4.90 Å². The minimum absolute atomic E-state index is 0.0621. The fourth-order valence-corrected chi connectivity index (χ4v) is 1.87. The van der Waals surface area contributed by atoms with Crippen molar-refractivity contribution in [2.75, 3.05) is 31.6 Å². The Hall–Kier alpha value is -2.71. The first-order valence-electron chi connectivity index (χ1n) is 5.78. The lowest BCUT2D eigenvalue weighted by Crippen LogP contribution is -2.49. The van der Waals surface area contributed by atoms with Crippen LogP contribution >= 0.6 is 0 Å². The highest BCUT2D eigenvalue weighted by Gasteiger charge is 2.28. The van der Waals surface area contributed by atoms with Gasteiger partial charge in [-0.15, -0.1) is 0 Å². The molecule has 1 aromatic rings. The lowest BCUT2D eigenvalue weighted by Gasteiger charge is -2.32. The van der Waals surface area contributed by atoms with Crippen LogP contribution in [0.2, 0.25) is 0 Å². The molecule has 0 aromatic carbocycles. The van der Waals surface area contributed by atoms with Gasteiger partial charge in [-0.1, -0.05) is 0 Å². The first-order valence-corrected chi connectivity index (χ1v) is 5.78. The van der Waals surface area contributed by atoms with Crippen molar-refractivity contribution >= 4 is 23.4 Å². The van der Waals surface area contributed by atoms with Gasteiger partial charge in [0.15, 0.2) is 5.69 Å². The largest absolute Gasteiger partial charge is 0.477 e. The second-order valence-corrected chi connectivity index (χ2v) is 4.34. The number of aromatic nitrogens is 1. The zero-order valence-corrected chi connectivity index (χ0v) is 10.6. The maximum absolute atomic E-state index is 11.6. The normalized spacial score (nSPS) is 15.3. The molecule has 0 aliphatic carbocycles. The first-order chi connectivity index (χ1) is 9.40. The molecule has 1 aliphatic heterocycles. The maximum Gasteiger partial charge on any atom is 0.354 e. The third kappa shape index (κ3) is 2.51. The summed E-state index contributed by atoms with van der Waals surface area (Å²) in [6.45, 7) is 0.696. The standard InChI is InChI=1S/C11H12N4O5/c1-13-4-5-14(6-9(13)16)10-8(15(19)20)3-2-7(12-10)11(17)18/h2-3H,4-6H2,1H3,(H,17,18). The number of pyridine rings is 1. The van der Waals surface area contributed by atoms with E-state index in [0.29, 0.717) is 13.1 Å². The van der Waals surface area contributed by atoms with Crippen molar-refractivity contribution in [3.63, 3.8) is 0 Å². The van der Waals surface area contributed by atoms with Crippen molar-refractivity contribution in [1.29, 1.82) is 0 Å². The van der Waals surface area contributed by atoms with Crippen LogP contribution in [0.4, 0.5) is 11.5 Å². The maximum atomic E-state index is 11.6. The molecule has 0 saturated carbocycles. The van der Waals surface area contributed by atoms with E-state index in [-0.39, 0.29) is 29.7 Å². The van der Waals surface area contributed by atoms with Crippen LogP contribution in [-0.4, -0.2) is 58.5 Å². The number of carboxylic acids is 1. The van der Waals surface area contributed by atoms with Crippen molar-refractivity contribution < 1.29 is 19.6 Å². The molecule has 1 amide bonds. The van der Waals surface area contributed by atoms with Crippen LogP contribution in [-0.2, 0) is 4.79 Å². The number of carboxylic acid groups (broad SMARTS) is 1. The highest BCUT2D eigenvalue weighted by Crippen LogP contribution is 2.27. The van der Waals surface area contributed by atoms with Gasteiger partial charge in [-0.25, -0.2) is 9.78 Å². The molecule has 1 aromatic heterocycles. The number of carbonyl (C=O) groups is 2. The number of likely N-dealkylation sites (N-methyl/N-ethyl adjacent to an activating group) is 1. The molecule has 106 valence electrons. The van der Waals surface area contributed by atoms with E-state index in [0.717, 1.165) is 12.1 Å². The third-order valence-electron chi connectivity index (χ3n) is 3.03. The Kier molecular flexibility index (Phi) is 3.51. The summed E-state index contributed by atoms with van der Waals surface area (Å²) in [7, 11) is 1.63. The highest BCUT2D eigenvalue weighted by atomic mass is 16.6. The van der Waals surface area contributed by atoms with Crippen molar-refractivity contribution in [2.45, 2.75) is 0 Å². The van der Waals surface area contributed by atoms with Gasteiger partial charge in [-0.2, -0.15) is 0 Å². The Morgan fingerprint density at radius 2 is 2.15 bits per heavy atom. The summed E-state index contributed by atoms with van der Waals surface area (Å²) in [6.07, 6.45) is 0. The Morgan fingerprint density at radius 3 is 2.70 bits per heavy atom. The predicted molar refractivity (Wildman–Crippen MR) is 67.7 cm³/mol. The number of aromatic carboxylic acids is 1. The van der Waals surface area contributed by atoms with Crippen LogP contribution in [0.25, 0.3) is 0 Å². The summed E-state index contributed by atoms with van der Waals surface area (Å²) in [5.74, 6) is -1.56.